The number of hydrogen-bond acceptors (Lipinski definition) is 4. The van der Waals surface area contributed by atoms with Gasteiger partial charge in [0, 0.05) is 17.4 Å². The normalized spacial score (nSPS) is 16.1. The summed E-state index contributed by atoms with van der Waals surface area (Å²) in [5.41, 5.74) is 4.84. The van der Waals surface area contributed by atoms with Gasteiger partial charge in [0.25, 0.3) is 0 Å². The maximum atomic E-state index is 13.7. The number of ether oxygens (including phenoxy) is 1. The van der Waals surface area contributed by atoms with Crippen molar-refractivity contribution in [1.29, 1.82) is 0 Å². The fourth-order valence-corrected chi connectivity index (χ4v) is 2.78. The van der Waals surface area contributed by atoms with Crippen LogP contribution in [0, 0.1) is 5.82 Å². The number of rotatable bonds is 3. The smallest absolute Gasteiger partial charge is 0.182 e. The second kappa shape index (κ2) is 6.62. The Labute approximate surface area is 132 Å². The first-order valence-electron chi connectivity index (χ1n) is 6.69. The van der Waals surface area contributed by atoms with Crippen LogP contribution in [0.25, 0.3) is 0 Å². The zero-order valence-electron chi connectivity index (χ0n) is 11.9. The van der Waals surface area contributed by atoms with E-state index in [1.807, 2.05) is 24.3 Å². The second-order valence-corrected chi connectivity index (χ2v) is 5.52. The molecule has 0 unspecified atom stereocenters. The molecular weight excluding hydrogens is 301 g/mol. The molecule has 0 amide bonds. The highest BCUT2D eigenvalue weighted by Gasteiger charge is 2.15. The Hall–Kier alpha value is -2.34. The van der Waals surface area contributed by atoms with E-state index in [9.17, 15) is 4.39 Å². The maximum Gasteiger partial charge on any atom is 0.182 e. The van der Waals surface area contributed by atoms with Crippen LogP contribution < -0.4 is 10.2 Å². The molecule has 1 heterocycles. The van der Waals surface area contributed by atoms with E-state index in [2.05, 4.69) is 15.5 Å². The minimum absolute atomic E-state index is 0.267. The molecule has 0 aromatic heterocycles. The molecule has 22 heavy (non-hydrogen) atoms. The Bertz CT molecular complexity index is 746. The Morgan fingerprint density at radius 3 is 2.82 bits per heavy atom. The Morgan fingerprint density at radius 2 is 2.09 bits per heavy atom. The average molecular weight is 315 g/mol. The molecule has 0 atom stereocenters. The van der Waals surface area contributed by atoms with E-state index in [-0.39, 0.29) is 5.82 Å². The molecule has 1 aliphatic rings. The lowest BCUT2D eigenvalue weighted by Crippen LogP contribution is -2.25. The van der Waals surface area contributed by atoms with Crippen molar-refractivity contribution < 1.29 is 9.13 Å². The molecule has 0 bridgehead atoms. The standard InChI is InChI=1S/C16H14FN3OS/c1-21-12-6-4-5-11(9-12)18-16-20-19-15(10-22-16)13-7-2-3-8-14(13)17/h2-9H,10H2,1H3,(H,18,20). The number of amidine groups is 1. The first-order chi connectivity index (χ1) is 10.8. The van der Waals surface area contributed by atoms with E-state index in [0.717, 1.165) is 11.4 Å². The van der Waals surface area contributed by atoms with Gasteiger partial charge in [0.15, 0.2) is 5.17 Å². The summed E-state index contributed by atoms with van der Waals surface area (Å²) in [6.07, 6.45) is 0. The van der Waals surface area contributed by atoms with Gasteiger partial charge in [-0.05, 0) is 18.2 Å². The van der Waals surface area contributed by atoms with Crippen LogP contribution in [-0.2, 0) is 0 Å². The molecule has 2 aromatic rings. The summed E-state index contributed by atoms with van der Waals surface area (Å²) in [7, 11) is 1.62. The van der Waals surface area contributed by atoms with Crippen molar-refractivity contribution in [3.05, 3.63) is 59.9 Å². The summed E-state index contributed by atoms with van der Waals surface area (Å²) < 4.78 is 18.9. The number of nitrogens with one attached hydrogen (secondary N) is 1. The van der Waals surface area contributed by atoms with Gasteiger partial charge in [0.2, 0.25) is 0 Å². The number of nitrogens with zero attached hydrogens (tertiary/aromatic N) is 2. The van der Waals surface area contributed by atoms with Gasteiger partial charge in [0.05, 0.1) is 18.5 Å². The number of hydrazone groups is 1. The minimum Gasteiger partial charge on any atom is -0.497 e. The van der Waals surface area contributed by atoms with Crippen molar-refractivity contribution in [1.82, 2.24) is 5.43 Å². The molecule has 0 radical (unpaired) electrons. The number of benzene rings is 2. The monoisotopic (exact) mass is 315 g/mol. The number of methoxy groups -OCH3 is 1. The summed E-state index contributed by atoms with van der Waals surface area (Å²) in [4.78, 5) is 4.46. The molecule has 0 spiro atoms. The first-order valence-corrected chi connectivity index (χ1v) is 7.68. The largest absolute Gasteiger partial charge is 0.497 e. The summed E-state index contributed by atoms with van der Waals surface area (Å²) in [6.45, 7) is 0. The summed E-state index contributed by atoms with van der Waals surface area (Å²) >= 11 is 1.48. The van der Waals surface area contributed by atoms with Crippen molar-refractivity contribution in [3.63, 3.8) is 0 Å². The van der Waals surface area contributed by atoms with Crippen molar-refractivity contribution in [2.24, 2.45) is 10.1 Å². The van der Waals surface area contributed by atoms with Gasteiger partial charge < -0.3 is 4.74 Å². The van der Waals surface area contributed by atoms with E-state index < -0.39 is 0 Å². The highest BCUT2D eigenvalue weighted by atomic mass is 32.2. The molecule has 112 valence electrons. The SMILES string of the molecule is COc1cccc(N=C2NN=C(c3ccccc3F)CS2)c1. The van der Waals surface area contributed by atoms with Gasteiger partial charge in [-0.2, -0.15) is 5.10 Å². The van der Waals surface area contributed by atoms with E-state index in [1.54, 1.807) is 25.3 Å². The van der Waals surface area contributed by atoms with Crippen LogP contribution in [0.5, 0.6) is 5.75 Å². The minimum atomic E-state index is -0.267. The fourth-order valence-electron chi connectivity index (χ4n) is 2.00. The van der Waals surface area contributed by atoms with Crippen molar-refractivity contribution in [2.45, 2.75) is 0 Å². The Morgan fingerprint density at radius 1 is 1.23 bits per heavy atom. The fraction of sp³-hybridized carbons (Fsp3) is 0.125. The van der Waals surface area contributed by atoms with E-state index in [4.69, 9.17) is 4.74 Å². The van der Waals surface area contributed by atoms with Crippen molar-refractivity contribution in [2.75, 3.05) is 12.9 Å². The Kier molecular flexibility index (Phi) is 4.39. The highest BCUT2D eigenvalue weighted by Crippen LogP contribution is 2.22. The lowest BCUT2D eigenvalue weighted by Gasteiger charge is -2.15. The summed E-state index contributed by atoms with van der Waals surface area (Å²) in [5.74, 6) is 1.05. The van der Waals surface area contributed by atoms with Crippen LogP contribution in [0.1, 0.15) is 5.56 Å². The number of thioether (sulfide) groups is 1. The lowest BCUT2D eigenvalue weighted by atomic mass is 10.1. The molecule has 0 saturated carbocycles. The topological polar surface area (TPSA) is 46.0 Å². The van der Waals surface area contributed by atoms with Crippen LogP contribution in [0.4, 0.5) is 10.1 Å². The van der Waals surface area contributed by atoms with Crippen molar-refractivity contribution in [3.8, 4) is 5.75 Å². The van der Waals surface area contributed by atoms with Gasteiger partial charge >= 0.3 is 0 Å². The zero-order valence-corrected chi connectivity index (χ0v) is 12.7. The van der Waals surface area contributed by atoms with Gasteiger partial charge in [0.1, 0.15) is 11.6 Å². The molecule has 2 aromatic carbocycles. The molecule has 1 N–H and O–H groups in total. The lowest BCUT2D eigenvalue weighted by molar-refractivity contribution is 0.415. The third kappa shape index (κ3) is 3.28. The first kappa shape index (κ1) is 14.6. The molecule has 6 heteroatoms. The predicted octanol–water partition coefficient (Wildman–Crippen LogP) is 3.56. The van der Waals surface area contributed by atoms with Gasteiger partial charge in [-0.25, -0.2) is 9.38 Å². The Balaban J connectivity index is 1.78. The summed E-state index contributed by atoms with van der Waals surface area (Å²) in [6, 6.07) is 14.1. The number of halogens is 1. The predicted molar refractivity (Wildman–Crippen MR) is 88.6 cm³/mol. The third-order valence-electron chi connectivity index (χ3n) is 3.10. The highest BCUT2D eigenvalue weighted by molar-refractivity contribution is 8.14. The second-order valence-electron chi connectivity index (χ2n) is 4.56. The molecule has 3 rings (SSSR count). The maximum absolute atomic E-state index is 13.7. The quantitative estimate of drug-likeness (QED) is 0.942. The third-order valence-corrected chi connectivity index (χ3v) is 3.97. The molecule has 1 aliphatic heterocycles. The van der Waals surface area contributed by atoms with Gasteiger partial charge in [-0.15, -0.1) is 0 Å². The van der Waals surface area contributed by atoms with Crippen LogP contribution in [0.2, 0.25) is 0 Å². The van der Waals surface area contributed by atoms with Crippen LogP contribution in [-0.4, -0.2) is 23.7 Å². The van der Waals surface area contributed by atoms with Gasteiger partial charge in [-0.3, -0.25) is 5.43 Å². The van der Waals surface area contributed by atoms with Crippen molar-refractivity contribution >= 4 is 28.3 Å². The summed E-state index contributed by atoms with van der Waals surface area (Å²) in [5, 5.41) is 4.90. The van der Waals surface area contributed by atoms with Crippen LogP contribution in [0.3, 0.4) is 0 Å². The number of hydrogen-bond donors (Lipinski definition) is 1. The molecular formula is C16H14FN3OS. The van der Waals surface area contributed by atoms with Crippen LogP contribution in [0.15, 0.2) is 58.6 Å². The average Bonchev–Trinajstić information content (AvgIpc) is 2.56. The molecule has 0 saturated heterocycles. The van der Waals surface area contributed by atoms with E-state index in [1.165, 1.54) is 17.8 Å². The molecule has 0 fully saturated rings. The van der Waals surface area contributed by atoms with E-state index in [0.29, 0.717) is 22.2 Å². The van der Waals surface area contributed by atoms with Crippen LogP contribution >= 0.6 is 11.8 Å². The molecule has 0 aliphatic carbocycles. The van der Waals surface area contributed by atoms with E-state index >= 15 is 0 Å². The molecule has 4 nitrogen and oxygen atoms in total. The zero-order chi connectivity index (χ0) is 15.4. The number of aliphatic imine (C=N–C) groups is 1. The van der Waals surface area contributed by atoms with Gasteiger partial charge in [-0.1, -0.05) is 36.0 Å².